The van der Waals surface area contributed by atoms with E-state index in [2.05, 4.69) is 29.6 Å². The van der Waals surface area contributed by atoms with Gasteiger partial charge in [-0.3, -0.25) is 9.59 Å². The molecule has 0 spiro atoms. The van der Waals surface area contributed by atoms with Crippen molar-refractivity contribution in [1.29, 1.82) is 0 Å². The first-order valence-electron chi connectivity index (χ1n) is 12.3. The van der Waals surface area contributed by atoms with Crippen LogP contribution in [0.1, 0.15) is 63.5 Å². The Balaban J connectivity index is 1.47. The third-order valence-corrected chi connectivity index (χ3v) is 6.68. The zero-order valence-corrected chi connectivity index (χ0v) is 20.9. The second-order valence-electron chi connectivity index (χ2n) is 9.62. The Morgan fingerprint density at radius 2 is 1.60 bits per heavy atom. The van der Waals surface area contributed by atoms with Crippen molar-refractivity contribution in [2.75, 3.05) is 26.2 Å². The molecule has 2 N–H and O–H groups in total. The molecule has 3 rings (SSSR count). The first-order valence-corrected chi connectivity index (χ1v) is 12.3. The highest BCUT2D eigenvalue weighted by molar-refractivity contribution is 5.82. The maximum absolute atomic E-state index is 13.0. The van der Waals surface area contributed by atoms with Gasteiger partial charge in [-0.25, -0.2) is 4.79 Å². The lowest BCUT2D eigenvalue weighted by Crippen LogP contribution is -2.43. The number of fused-ring (bicyclic) bond motifs is 3. The maximum Gasteiger partial charge on any atom is 0.407 e. The molecule has 0 unspecified atom stereocenters. The summed E-state index contributed by atoms with van der Waals surface area (Å²) in [5.74, 6) is -0.811. The summed E-state index contributed by atoms with van der Waals surface area (Å²) in [4.78, 5) is 37.9. The highest BCUT2D eigenvalue weighted by Crippen LogP contribution is 2.44. The number of nitrogens with one attached hydrogen (secondary N) is 1. The topological polar surface area (TPSA) is 95.9 Å². The average molecular weight is 481 g/mol. The highest BCUT2D eigenvalue weighted by atomic mass is 16.5. The Kier molecular flexibility index (Phi) is 8.90. The van der Waals surface area contributed by atoms with E-state index in [9.17, 15) is 14.4 Å². The van der Waals surface area contributed by atoms with Gasteiger partial charge in [0.05, 0.1) is 0 Å². The Morgan fingerprint density at radius 3 is 2.17 bits per heavy atom. The predicted octanol–water partition coefficient (Wildman–Crippen LogP) is 5.04. The number of nitrogens with zero attached hydrogens (tertiary/aromatic N) is 1. The molecule has 0 radical (unpaired) electrons. The average Bonchev–Trinajstić information content (AvgIpc) is 3.16. The molecule has 0 fully saturated rings. The Hall–Kier alpha value is -3.35. The molecule has 0 atom stereocenters. The van der Waals surface area contributed by atoms with E-state index in [0.29, 0.717) is 38.9 Å². The molecule has 2 amide bonds. The van der Waals surface area contributed by atoms with Crippen molar-refractivity contribution in [3.8, 4) is 11.1 Å². The summed E-state index contributed by atoms with van der Waals surface area (Å²) in [5.41, 5.74) is 4.04. The maximum atomic E-state index is 13.0. The van der Waals surface area contributed by atoms with E-state index in [1.54, 1.807) is 4.90 Å². The van der Waals surface area contributed by atoms with E-state index in [-0.39, 0.29) is 24.9 Å². The number of carbonyl (C=O) groups is 3. The minimum Gasteiger partial charge on any atom is -0.481 e. The van der Waals surface area contributed by atoms with Crippen LogP contribution in [0.4, 0.5) is 4.79 Å². The first kappa shape index (κ1) is 26.3. The number of carboxylic acid groups (broad SMARTS) is 1. The molecule has 188 valence electrons. The van der Waals surface area contributed by atoms with Gasteiger partial charge in [0.25, 0.3) is 0 Å². The molecule has 7 heteroatoms. The van der Waals surface area contributed by atoms with E-state index in [1.807, 2.05) is 45.0 Å². The monoisotopic (exact) mass is 480 g/mol. The number of benzene rings is 2. The van der Waals surface area contributed by atoms with Crippen LogP contribution in [0.25, 0.3) is 11.1 Å². The van der Waals surface area contributed by atoms with Gasteiger partial charge in [-0.2, -0.15) is 0 Å². The third-order valence-electron chi connectivity index (χ3n) is 6.68. The molecule has 0 aromatic heterocycles. The first-order chi connectivity index (χ1) is 16.7. The Bertz CT molecular complexity index is 1000. The zero-order chi connectivity index (χ0) is 25.4. The second-order valence-corrected chi connectivity index (χ2v) is 9.62. The molecule has 35 heavy (non-hydrogen) atoms. The minimum absolute atomic E-state index is 0.00432. The standard InChI is InChI=1S/C28H36N2O5/c1-4-30(18-10-9-15-25(31)32)26(33)28(2,3)16-17-29-27(34)35-19-24-22-13-7-5-11-20(22)21-12-6-8-14-23(21)24/h5-8,11-14,24H,4,9-10,15-19H2,1-3H3,(H,29,34)(H,31,32). The Morgan fingerprint density at radius 1 is 1.00 bits per heavy atom. The summed E-state index contributed by atoms with van der Waals surface area (Å²) in [6, 6.07) is 16.4. The molecule has 7 nitrogen and oxygen atoms in total. The van der Waals surface area contributed by atoms with Crippen LogP contribution >= 0.6 is 0 Å². The number of carbonyl (C=O) groups excluding carboxylic acids is 2. The van der Waals surface area contributed by atoms with E-state index in [0.717, 1.165) is 11.1 Å². The number of amides is 2. The largest absolute Gasteiger partial charge is 0.481 e. The summed E-state index contributed by atoms with van der Waals surface area (Å²) in [7, 11) is 0. The van der Waals surface area contributed by atoms with E-state index in [4.69, 9.17) is 9.84 Å². The van der Waals surface area contributed by atoms with Gasteiger partial charge in [-0.05, 0) is 48.4 Å². The minimum atomic E-state index is -0.820. The number of hydrogen-bond donors (Lipinski definition) is 2. The molecule has 2 aromatic carbocycles. The zero-order valence-electron chi connectivity index (χ0n) is 20.9. The fourth-order valence-electron chi connectivity index (χ4n) is 4.64. The van der Waals surface area contributed by atoms with Crippen molar-refractivity contribution in [2.24, 2.45) is 5.41 Å². The number of rotatable bonds is 12. The lowest BCUT2D eigenvalue weighted by molar-refractivity contribution is -0.140. The van der Waals surface area contributed by atoms with Crippen molar-refractivity contribution in [2.45, 2.75) is 52.4 Å². The Labute approximate surface area is 207 Å². The van der Waals surface area contributed by atoms with Crippen LogP contribution < -0.4 is 5.32 Å². The fraction of sp³-hybridized carbons (Fsp3) is 0.464. The highest BCUT2D eigenvalue weighted by Gasteiger charge is 2.32. The van der Waals surface area contributed by atoms with E-state index < -0.39 is 17.5 Å². The van der Waals surface area contributed by atoms with E-state index >= 15 is 0 Å². The summed E-state index contributed by atoms with van der Waals surface area (Å²) >= 11 is 0. The van der Waals surface area contributed by atoms with Crippen LogP contribution in [-0.2, 0) is 14.3 Å². The van der Waals surface area contributed by atoms with Gasteiger partial charge in [0.1, 0.15) is 6.61 Å². The molecule has 0 heterocycles. The molecule has 0 aliphatic heterocycles. The molecule has 1 aliphatic carbocycles. The molecule has 1 aliphatic rings. The fourth-order valence-corrected chi connectivity index (χ4v) is 4.64. The van der Waals surface area contributed by atoms with Crippen molar-refractivity contribution in [3.63, 3.8) is 0 Å². The van der Waals surface area contributed by atoms with Crippen LogP contribution in [0, 0.1) is 5.41 Å². The normalized spacial score (nSPS) is 12.5. The second kappa shape index (κ2) is 11.9. The smallest absolute Gasteiger partial charge is 0.407 e. The van der Waals surface area contributed by atoms with Crippen LogP contribution in [0.15, 0.2) is 48.5 Å². The molecular weight excluding hydrogens is 444 g/mol. The van der Waals surface area contributed by atoms with Crippen LogP contribution in [-0.4, -0.2) is 54.2 Å². The van der Waals surface area contributed by atoms with Gasteiger partial charge >= 0.3 is 12.1 Å². The van der Waals surface area contributed by atoms with Gasteiger partial charge in [0.15, 0.2) is 0 Å². The molecule has 0 bridgehead atoms. The quantitative estimate of drug-likeness (QED) is 0.415. The number of carboxylic acids is 1. The van der Waals surface area contributed by atoms with Crippen molar-refractivity contribution in [3.05, 3.63) is 59.7 Å². The number of alkyl carbamates (subject to hydrolysis) is 1. The summed E-state index contributed by atoms with van der Waals surface area (Å²) < 4.78 is 5.57. The number of aliphatic carboxylic acids is 1. The molecular formula is C28H36N2O5. The van der Waals surface area contributed by atoms with Crippen LogP contribution in [0.2, 0.25) is 0 Å². The van der Waals surface area contributed by atoms with Crippen molar-refractivity contribution in [1.82, 2.24) is 10.2 Å². The lowest BCUT2D eigenvalue weighted by Gasteiger charge is -2.31. The van der Waals surface area contributed by atoms with Gasteiger partial charge in [-0.1, -0.05) is 62.4 Å². The molecule has 0 saturated heterocycles. The van der Waals surface area contributed by atoms with E-state index in [1.165, 1.54) is 11.1 Å². The third kappa shape index (κ3) is 6.62. The molecule has 2 aromatic rings. The SMILES string of the molecule is CCN(CCCCC(=O)O)C(=O)C(C)(C)CCNC(=O)OCC1c2ccccc2-c2ccccc21. The van der Waals surface area contributed by atoms with Gasteiger partial charge in [0, 0.05) is 37.4 Å². The lowest BCUT2D eigenvalue weighted by atomic mass is 9.87. The van der Waals surface area contributed by atoms with Crippen molar-refractivity contribution >= 4 is 18.0 Å². The number of hydrogen-bond acceptors (Lipinski definition) is 4. The molecule has 0 saturated carbocycles. The van der Waals surface area contributed by atoms with Crippen LogP contribution in [0.3, 0.4) is 0 Å². The van der Waals surface area contributed by atoms with Gasteiger partial charge < -0.3 is 20.1 Å². The van der Waals surface area contributed by atoms with Crippen molar-refractivity contribution < 1.29 is 24.2 Å². The van der Waals surface area contributed by atoms with Gasteiger partial charge in [-0.15, -0.1) is 0 Å². The number of unbranched alkanes of at least 4 members (excludes halogenated alkanes) is 1. The van der Waals surface area contributed by atoms with Crippen LogP contribution in [0.5, 0.6) is 0 Å². The van der Waals surface area contributed by atoms with Gasteiger partial charge in [0.2, 0.25) is 5.91 Å². The summed E-state index contributed by atoms with van der Waals surface area (Å²) in [5, 5.41) is 11.6. The predicted molar refractivity (Wildman–Crippen MR) is 135 cm³/mol. The summed E-state index contributed by atoms with van der Waals surface area (Å²) in [6.45, 7) is 7.33. The summed E-state index contributed by atoms with van der Waals surface area (Å²) in [6.07, 6.45) is 1.29. The number of ether oxygens (including phenoxy) is 1.